The second kappa shape index (κ2) is 5.22. The molecule has 98 valence electrons. The predicted molar refractivity (Wildman–Crippen MR) is 63.3 cm³/mol. The maximum absolute atomic E-state index is 11.8. The number of carboxylic acid groups (broad SMARTS) is 1. The van der Waals surface area contributed by atoms with Crippen molar-refractivity contribution in [1.82, 2.24) is 9.88 Å². The number of carboxylic acids is 1. The van der Waals surface area contributed by atoms with Crippen LogP contribution in [0.15, 0.2) is 18.3 Å². The molecule has 0 aromatic carbocycles. The Morgan fingerprint density at radius 2 is 2.22 bits per heavy atom. The molecule has 2 rings (SSSR count). The molecule has 0 saturated heterocycles. The van der Waals surface area contributed by atoms with Gasteiger partial charge in [0.1, 0.15) is 5.69 Å². The molecule has 1 heterocycles. The Kier molecular flexibility index (Phi) is 3.66. The Hall–Kier alpha value is -1.82. The third kappa shape index (κ3) is 2.89. The Morgan fingerprint density at radius 1 is 1.50 bits per heavy atom. The highest BCUT2D eigenvalue weighted by molar-refractivity contribution is 5.92. The van der Waals surface area contributed by atoms with Crippen molar-refractivity contribution in [2.75, 3.05) is 6.54 Å². The molecule has 0 spiro atoms. The molecule has 6 nitrogen and oxygen atoms in total. The monoisotopic (exact) mass is 252 g/mol. The lowest BCUT2D eigenvalue weighted by Gasteiger charge is -2.09. The molecule has 1 amide bonds. The first kappa shape index (κ1) is 12.6. The van der Waals surface area contributed by atoms with Crippen LogP contribution in [-0.2, 0) is 4.79 Å². The van der Waals surface area contributed by atoms with Crippen LogP contribution in [-0.4, -0.2) is 39.3 Å². The standard InChI is InChI=1S/C12H16N2O4/c15-10(12(17)18)5-6-13-11(16)9-2-1-7-14(9)8-3-4-8/h1-2,7-8,10,15H,3-6H2,(H,13,16)(H,17,18). The van der Waals surface area contributed by atoms with Gasteiger partial charge in [0, 0.05) is 25.2 Å². The van der Waals surface area contributed by atoms with Crippen molar-refractivity contribution in [1.29, 1.82) is 0 Å². The summed E-state index contributed by atoms with van der Waals surface area (Å²) in [7, 11) is 0. The van der Waals surface area contributed by atoms with E-state index < -0.39 is 12.1 Å². The van der Waals surface area contributed by atoms with Crippen LogP contribution in [0.4, 0.5) is 0 Å². The fraction of sp³-hybridized carbons (Fsp3) is 0.500. The molecule has 0 radical (unpaired) electrons. The minimum Gasteiger partial charge on any atom is -0.479 e. The molecule has 6 heteroatoms. The van der Waals surface area contributed by atoms with Crippen LogP contribution >= 0.6 is 0 Å². The highest BCUT2D eigenvalue weighted by atomic mass is 16.4. The molecule has 1 unspecified atom stereocenters. The van der Waals surface area contributed by atoms with Crippen molar-refractivity contribution in [2.45, 2.75) is 31.4 Å². The minimum absolute atomic E-state index is 0.00517. The average molecular weight is 252 g/mol. The summed E-state index contributed by atoms with van der Waals surface area (Å²) >= 11 is 0. The summed E-state index contributed by atoms with van der Waals surface area (Å²) in [4.78, 5) is 22.2. The van der Waals surface area contributed by atoms with Gasteiger partial charge in [-0.3, -0.25) is 4.79 Å². The normalized spacial score (nSPS) is 16.3. The van der Waals surface area contributed by atoms with E-state index in [1.807, 2.05) is 16.8 Å². The maximum Gasteiger partial charge on any atom is 0.332 e. The van der Waals surface area contributed by atoms with Crippen molar-refractivity contribution in [2.24, 2.45) is 0 Å². The van der Waals surface area contributed by atoms with Crippen LogP contribution < -0.4 is 5.32 Å². The highest BCUT2D eigenvalue weighted by Gasteiger charge is 2.26. The number of hydrogen-bond donors (Lipinski definition) is 3. The van der Waals surface area contributed by atoms with Crippen molar-refractivity contribution in [3.05, 3.63) is 24.0 Å². The second-order valence-electron chi connectivity index (χ2n) is 4.43. The summed E-state index contributed by atoms with van der Waals surface area (Å²) in [6.07, 6.45) is 2.63. The van der Waals surface area contributed by atoms with E-state index >= 15 is 0 Å². The molecule has 1 aliphatic carbocycles. The lowest BCUT2D eigenvalue weighted by Crippen LogP contribution is -2.31. The first-order valence-corrected chi connectivity index (χ1v) is 5.95. The van der Waals surface area contributed by atoms with Crippen molar-refractivity contribution >= 4 is 11.9 Å². The van der Waals surface area contributed by atoms with Gasteiger partial charge in [0.15, 0.2) is 6.10 Å². The van der Waals surface area contributed by atoms with E-state index in [-0.39, 0.29) is 18.9 Å². The predicted octanol–water partition coefficient (Wildman–Crippen LogP) is 0.388. The second-order valence-corrected chi connectivity index (χ2v) is 4.43. The SMILES string of the molecule is O=C(NCCC(O)C(=O)O)c1cccn1C1CC1. The van der Waals surface area contributed by atoms with Gasteiger partial charge in [0.05, 0.1) is 0 Å². The smallest absolute Gasteiger partial charge is 0.332 e. The summed E-state index contributed by atoms with van der Waals surface area (Å²) < 4.78 is 1.93. The summed E-state index contributed by atoms with van der Waals surface area (Å²) in [5, 5.41) is 20.2. The van der Waals surface area contributed by atoms with E-state index in [1.54, 1.807) is 6.07 Å². The molecular formula is C12H16N2O4. The lowest BCUT2D eigenvalue weighted by atomic mass is 10.2. The molecule has 0 bridgehead atoms. The fourth-order valence-electron chi connectivity index (χ4n) is 1.79. The van der Waals surface area contributed by atoms with Gasteiger partial charge in [-0.1, -0.05) is 0 Å². The van der Waals surface area contributed by atoms with Crippen LogP contribution in [0.5, 0.6) is 0 Å². The average Bonchev–Trinajstić information content (AvgIpc) is 3.06. The van der Waals surface area contributed by atoms with Gasteiger partial charge in [-0.25, -0.2) is 4.79 Å². The van der Waals surface area contributed by atoms with E-state index in [0.717, 1.165) is 12.8 Å². The Labute approximate surface area is 104 Å². The number of amides is 1. The number of aliphatic hydroxyl groups is 1. The highest BCUT2D eigenvalue weighted by Crippen LogP contribution is 2.35. The molecule has 1 aromatic heterocycles. The zero-order chi connectivity index (χ0) is 13.1. The first-order chi connectivity index (χ1) is 8.59. The number of nitrogens with one attached hydrogen (secondary N) is 1. The van der Waals surface area contributed by atoms with Gasteiger partial charge in [0.25, 0.3) is 5.91 Å². The van der Waals surface area contributed by atoms with Gasteiger partial charge in [-0.05, 0) is 25.0 Å². The van der Waals surface area contributed by atoms with E-state index in [0.29, 0.717) is 11.7 Å². The molecule has 1 aromatic rings. The number of rotatable bonds is 6. The van der Waals surface area contributed by atoms with Crippen LogP contribution in [0.3, 0.4) is 0 Å². The molecule has 1 fully saturated rings. The van der Waals surface area contributed by atoms with Crippen LogP contribution in [0.2, 0.25) is 0 Å². The van der Waals surface area contributed by atoms with Crippen molar-refractivity contribution in [3.8, 4) is 0 Å². The lowest BCUT2D eigenvalue weighted by molar-refractivity contribution is -0.146. The quantitative estimate of drug-likeness (QED) is 0.683. The van der Waals surface area contributed by atoms with E-state index in [1.165, 1.54) is 0 Å². The molecular weight excluding hydrogens is 236 g/mol. The Balaban J connectivity index is 1.84. The maximum atomic E-state index is 11.8. The Morgan fingerprint density at radius 3 is 2.83 bits per heavy atom. The minimum atomic E-state index is -1.43. The topological polar surface area (TPSA) is 91.6 Å². The molecule has 3 N–H and O–H groups in total. The molecule has 1 atom stereocenters. The number of carbonyl (C=O) groups excluding carboxylic acids is 1. The molecule has 0 aliphatic heterocycles. The molecule has 1 saturated carbocycles. The third-order valence-electron chi connectivity index (χ3n) is 2.94. The fourth-order valence-corrected chi connectivity index (χ4v) is 1.79. The molecule has 1 aliphatic rings. The first-order valence-electron chi connectivity index (χ1n) is 5.95. The van der Waals surface area contributed by atoms with E-state index in [2.05, 4.69) is 5.32 Å². The summed E-state index contributed by atoms with van der Waals surface area (Å²) in [5.41, 5.74) is 0.585. The van der Waals surface area contributed by atoms with E-state index in [9.17, 15) is 9.59 Å². The largest absolute Gasteiger partial charge is 0.479 e. The van der Waals surface area contributed by atoms with Crippen molar-refractivity contribution in [3.63, 3.8) is 0 Å². The summed E-state index contributed by atoms with van der Waals surface area (Å²) in [6.45, 7) is 0.141. The summed E-state index contributed by atoms with van der Waals surface area (Å²) in [6, 6.07) is 3.98. The number of carbonyl (C=O) groups is 2. The molecule has 18 heavy (non-hydrogen) atoms. The third-order valence-corrected chi connectivity index (χ3v) is 2.94. The van der Waals surface area contributed by atoms with Gasteiger partial charge >= 0.3 is 5.97 Å². The summed E-state index contributed by atoms with van der Waals surface area (Å²) in [5.74, 6) is -1.50. The number of hydrogen-bond acceptors (Lipinski definition) is 3. The zero-order valence-electron chi connectivity index (χ0n) is 9.87. The van der Waals surface area contributed by atoms with Gasteiger partial charge in [0.2, 0.25) is 0 Å². The number of aliphatic carboxylic acids is 1. The van der Waals surface area contributed by atoms with Gasteiger partial charge in [-0.15, -0.1) is 0 Å². The van der Waals surface area contributed by atoms with Gasteiger partial charge < -0.3 is 20.1 Å². The number of aromatic nitrogens is 1. The van der Waals surface area contributed by atoms with Crippen LogP contribution in [0.25, 0.3) is 0 Å². The van der Waals surface area contributed by atoms with Crippen LogP contribution in [0.1, 0.15) is 35.8 Å². The van der Waals surface area contributed by atoms with Crippen molar-refractivity contribution < 1.29 is 19.8 Å². The Bertz CT molecular complexity index is 451. The zero-order valence-corrected chi connectivity index (χ0v) is 9.87. The number of aliphatic hydroxyl groups excluding tert-OH is 1. The van der Waals surface area contributed by atoms with E-state index in [4.69, 9.17) is 10.2 Å². The number of nitrogens with zero attached hydrogens (tertiary/aromatic N) is 1. The van der Waals surface area contributed by atoms with Gasteiger partial charge in [-0.2, -0.15) is 0 Å². The van der Waals surface area contributed by atoms with Crippen LogP contribution in [0, 0.1) is 0 Å².